The quantitative estimate of drug-likeness (QED) is 0.916. The minimum Gasteiger partial charge on any atom is -0.327 e. The van der Waals surface area contributed by atoms with Crippen molar-refractivity contribution in [2.24, 2.45) is 20.0 Å². The van der Waals surface area contributed by atoms with Crippen molar-refractivity contribution in [2.45, 2.75) is 18.9 Å². The van der Waals surface area contributed by atoms with Gasteiger partial charge in [0.05, 0.1) is 6.20 Å². The highest BCUT2D eigenvalue weighted by atomic mass is 16.2. The van der Waals surface area contributed by atoms with Crippen LogP contribution in [0, 0.1) is 5.92 Å². The lowest BCUT2D eigenvalue weighted by Gasteiger charge is -2.40. The summed E-state index contributed by atoms with van der Waals surface area (Å²) in [5, 5.41) is 11.4. The maximum absolute atomic E-state index is 12.5. The molecule has 1 saturated heterocycles. The monoisotopic (exact) mass is 345 g/mol. The number of hydrogen-bond donors (Lipinski definition) is 1. The molecule has 3 heterocycles. The van der Waals surface area contributed by atoms with Gasteiger partial charge in [0.2, 0.25) is 0 Å². The van der Waals surface area contributed by atoms with Crippen LogP contribution in [0.5, 0.6) is 0 Å². The predicted molar refractivity (Wildman–Crippen MR) is 96.2 cm³/mol. The number of anilines is 1. The number of amides is 2. The number of carbonyl (C=O) groups excluding carboxylic acids is 1. The van der Waals surface area contributed by atoms with Crippen LogP contribution in [0.3, 0.4) is 0 Å². The smallest absolute Gasteiger partial charge is 0.322 e. The fourth-order valence-electron chi connectivity index (χ4n) is 3.69. The molecule has 1 aliphatic heterocycles. The molecule has 8 nitrogen and oxygen atoms in total. The summed E-state index contributed by atoms with van der Waals surface area (Å²) >= 11 is 0. The molecule has 25 heavy (non-hydrogen) atoms. The molecule has 2 aromatic rings. The zero-order chi connectivity index (χ0) is 18.0. The number of nitrogens with zero attached hydrogens (tertiary/aromatic N) is 6. The van der Waals surface area contributed by atoms with Crippen LogP contribution in [-0.2, 0) is 14.1 Å². The Kier molecular flexibility index (Phi) is 5.08. The lowest BCUT2D eigenvalue weighted by molar-refractivity contribution is 0.101. The maximum Gasteiger partial charge on any atom is 0.322 e. The van der Waals surface area contributed by atoms with Crippen LogP contribution in [-0.4, -0.2) is 62.6 Å². The van der Waals surface area contributed by atoms with Gasteiger partial charge in [-0.15, -0.1) is 0 Å². The Morgan fingerprint density at radius 1 is 1.36 bits per heavy atom. The SMILES string of the molecule is CN(C[C@@H]1CCCN(C)[C@H]1c1cnn(C)c1)C(=O)Nc1ccn(C)n1. The fraction of sp³-hybridized carbons (Fsp3) is 0.588. The number of carbonyl (C=O) groups is 1. The van der Waals surface area contributed by atoms with Crippen molar-refractivity contribution in [3.63, 3.8) is 0 Å². The van der Waals surface area contributed by atoms with Gasteiger partial charge in [-0.25, -0.2) is 4.79 Å². The van der Waals surface area contributed by atoms with Crippen LogP contribution < -0.4 is 5.32 Å². The molecular weight excluding hydrogens is 318 g/mol. The molecule has 0 spiro atoms. The van der Waals surface area contributed by atoms with Gasteiger partial charge in [0.15, 0.2) is 5.82 Å². The summed E-state index contributed by atoms with van der Waals surface area (Å²) in [6.45, 7) is 1.77. The summed E-state index contributed by atoms with van der Waals surface area (Å²) in [6, 6.07) is 1.95. The Hall–Kier alpha value is -2.35. The van der Waals surface area contributed by atoms with E-state index in [-0.39, 0.29) is 12.1 Å². The van der Waals surface area contributed by atoms with Crippen LogP contribution in [0.2, 0.25) is 0 Å². The van der Waals surface area contributed by atoms with E-state index in [1.807, 2.05) is 38.2 Å². The fourth-order valence-corrected chi connectivity index (χ4v) is 3.69. The Balaban J connectivity index is 1.67. The molecule has 2 amide bonds. The van der Waals surface area contributed by atoms with E-state index in [0.29, 0.717) is 18.3 Å². The van der Waals surface area contributed by atoms with Gasteiger partial charge in [0, 0.05) is 57.8 Å². The molecule has 0 aliphatic carbocycles. The molecule has 0 saturated carbocycles. The van der Waals surface area contributed by atoms with Gasteiger partial charge in [0.1, 0.15) is 0 Å². The molecule has 0 radical (unpaired) electrons. The topological polar surface area (TPSA) is 71.2 Å². The van der Waals surface area contributed by atoms with Crippen molar-refractivity contribution in [1.82, 2.24) is 29.4 Å². The second-order valence-electron chi connectivity index (χ2n) is 6.96. The Bertz CT molecular complexity index is 722. The first-order valence-corrected chi connectivity index (χ1v) is 8.64. The third-order valence-corrected chi connectivity index (χ3v) is 4.88. The zero-order valence-corrected chi connectivity index (χ0v) is 15.4. The standard InChI is InChI=1S/C17H27N7O/c1-21-8-5-6-13(16(21)14-10-18-24(4)12-14)11-22(2)17(25)19-15-7-9-23(3)20-15/h7,9-10,12-13,16H,5-6,8,11H2,1-4H3,(H,19,20,25)/t13-,16+/m0/s1. The van der Waals surface area contributed by atoms with Crippen molar-refractivity contribution in [1.29, 1.82) is 0 Å². The molecule has 2 atom stereocenters. The number of piperidine rings is 1. The van der Waals surface area contributed by atoms with Crippen molar-refractivity contribution in [2.75, 3.05) is 32.5 Å². The number of urea groups is 1. The number of likely N-dealkylation sites (tertiary alicyclic amines) is 1. The summed E-state index contributed by atoms with van der Waals surface area (Å²) in [5.41, 5.74) is 1.22. The first kappa shape index (κ1) is 17.5. The summed E-state index contributed by atoms with van der Waals surface area (Å²) in [4.78, 5) is 16.6. The van der Waals surface area contributed by atoms with Gasteiger partial charge < -0.3 is 4.90 Å². The number of nitrogens with one attached hydrogen (secondary N) is 1. The third-order valence-electron chi connectivity index (χ3n) is 4.88. The second-order valence-corrected chi connectivity index (χ2v) is 6.96. The van der Waals surface area contributed by atoms with Crippen molar-refractivity contribution >= 4 is 11.8 Å². The molecule has 1 N–H and O–H groups in total. The van der Waals surface area contributed by atoms with Crippen LogP contribution in [0.25, 0.3) is 0 Å². The molecule has 0 aromatic carbocycles. The maximum atomic E-state index is 12.5. The van der Waals surface area contributed by atoms with Crippen molar-refractivity contribution in [3.8, 4) is 0 Å². The predicted octanol–water partition coefficient (Wildman–Crippen LogP) is 1.70. The number of aryl methyl sites for hydroxylation is 2. The van der Waals surface area contributed by atoms with E-state index in [4.69, 9.17) is 0 Å². The molecule has 3 rings (SSSR count). The van der Waals surface area contributed by atoms with E-state index in [0.717, 1.165) is 19.4 Å². The molecule has 0 unspecified atom stereocenters. The lowest BCUT2D eigenvalue weighted by Crippen LogP contribution is -2.43. The first-order chi connectivity index (χ1) is 11.9. The van der Waals surface area contributed by atoms with Gasteiger partial charge in [-0.1, -0.05) is 0 Å². The van der Waals surface area contributed by atoms with Gasteiger partial charge >= 0.3 is 6.03 Å². The molecule has 136 valence electrons. The summed E-state index contributed by atoms with van der Waals surface area (Å²) < 4.78 is 3.51. The minimum absolute atomic E-state index is 0.128. The van der Waals surface area contributed by atoms with E-state index in [9.17, 15) is 4.79 Å². The van der Waals surface area contributed by atoms with Gasteiger partial charge in [0.25, 0.3) is 0 Å². The van der Waals surface area contributed by atoms with Crippen molar-refractivity contribution < 1.29 is 4.79 Å². The number of aromatic nitrogens is 4. The van der Waals surface area contributed by atoms with Gasteiger partial charge in [-0.2, -0.15) is 10.2 Å². The van der Waals surface area contributed by atoms with E-state index in [1.165, 1.54) is 5.56 Å². The van der Waals surface area contributed by atoms with Crippen LogP contribution >= 0.6 is 0 Å². The summed E-state index contributed by atoms with van der Waals surface area (Å²) in [5.74, 6) is 0.950. The molecule has 1 fully saturated rings. The molecular formula is C17H27N7O. The summed E-state index contributed by atoms with van der Waals surface area (Å²) in [6.07, 6.45) is 8.07. The Morgan fingerprint density at radius 3 is 2.80 bits per heavy atom. The van der Waals surface area contributed by atoms with Crippen LogP contribution in [0.15, 0.2) is 24.7 Å². The molecule has 0 bridgehead atoms. The lowest BCUT2D eigenvalue weighted by atomic mass is 9.86. The van der Waals surface area contributed by atoms with Crippen molar-refractivity contribution in [3.05, 3.63) is 30.2 Å². The molecule has 2 aromatic heterocycles. The minimum atomic E-state index is -0.128. The van der Waals surface area contributed by atoms with Gasteiger partial charge in [-0.3, -0.25) is 19.6 Å². The van der Waals surface area contributed by atoms with Gasteiger partial charge in [-0.05, 0) is 32.4 Å². The molecule has 8 heteroatoms. The van der Waals surface area contributed by atoms with E-state index in [1.54, 1.807) is 15.6 Å². The van der Waals surface area contributed by atoms with E-state index < -0.39 is 0 Å². The largest absolute Gasteiger partial charge is 0.327 e. The highest BCUT2D eigenvalue weighted by Gasteiger charge is 2.32. The van der Waals surface area contributed by atoms with E-state index >= 15 is 0 Å². The van der Waals surface area contributed by atoms with Crippen LogP contribution in [0.4, 0.5) is 10.6 Å². The Morgan fingerprint density at radius 2 is 2.16 bits per heavy atom. The third kappa shape index (κ3) is 4.01. The highest BCUT2D eigenvalue weighted by molar-refractivity contribution is 5.88. The average molecular weight is 345 g/mol. The highest BCUT2D eigenvalue weighted by Crippen LogP contribution is 2.35. The number of rotatable bonds is 4. The average Bonchev–Trinajstić information content (AvgIpc) is 3.16. The number of hydrogen-bond acceptors (Lipinski definition) is 4. The zero-order valence-electron chi connectivity index (χ0n) is 15.4. The second kappa shape index (κ2) is 7.26. The normalized spacial score (nSPS) is 21.3. The van der Waals surface area contributed by atoms with Crippen LogP contribution in [0.1, 0.15) is 24.4 Å². The summed E-state index contributed by atoms with van der Waals surface area (Å²) in [7, 11) is 7.76. The van der Waals surface area contributed by atoms with E-state index in [2.05, 4.69) is 33.7 Å². The molecule has 1 aliphatic rings. The first-order valence-electron chi connectivity index (χ1n) is 8.64. The Labute approximate surface area is 148 Å².